The van der Waals surface area contributed by atoms with Crippen molar-refractivity contribution in [3.63, 3.8) is 0 Å². The Labute approximate surface area is 111 Å². The van der Waals surface area contributed by atoms with E-state index in [9.17, 15) is 4.79 Å². The van der Waals surface area contributed by atoms with Crippen LogP contribution in [0.5, 0.6) is 0 Å². The molecule has 3 atom stereocenters. The molecule has 6 nitrogen and oxygen atoms in total. The predicted octanol–water partition coefficient (Wildman–Crippen LogP) is 0.557. The molecule has 6 heteroatoms. The molecule has 3 N–H and O–H groups in total. The van der Waals surface area contributed by atoms with Gasteiger partial charge in [-0.1, -0.05) is 13.8 Å². The molecular formula is C13H18N4O2. The zero-order valence-corrected chi connectivity index (χ0v) is 11.1. The molecule has 3 rings (SSSR count). The van der Waals surface area contributed by atoms with Gasteiger partial charge in [-0.25, -0.2) is 0 Å². The van der Waals surface area contributed by atoms with Crippen molar-refractivity contribution in [1.29, 1.82) is 0 Å². The van der Waals surface area contributed by atoms with Crippen molar-refractivity contribution in [3.8, 4) is 0 Å². The first kappa shape index (κ1) is 12.5. The summed E-state index contributed by atoms with van der Waals surface area (Å²) in [6, 6.07) is 3.42. The molecule has 1 aliphatic heterocycles. The van der Waals surface area contributed by atoms with Gasteiger partial charge in [-0.2, -0.15) is 5.10 Å². The molecule has 1 aromatic heterocycles. The van der Waals surface area contributed by atoms with Crippen molar-refractivity contribution in [3.05, 3.63) is 18.3 Å². The summed E-state index contributed by atoms with van der Waals surface area (Å²) in [5.74, 6) is 0.305. The summed E-state index contributed by atoms with van der Waals surface area (Å²) in [4.78, 5) is 12.5. The second-order valence-electron chi connectivity index (χ2n) is 5.84. The van der Waals surface area contributed by atoms with Crippen LogP contribution in [0.25, 0.3) is 0 Å². The third-order valence-corrected chi connectivity index (χ3v) is 4.64. The van der Waals surface area contributed by atoms with Crippen LogP contribution in [0.15, 0.2) is 18.3 Å². The van der Waals surface area contributed by atoms with Crippen LogP contribution in [-0.4, -0.2) is 34.4 Å². The Morgan fingerprint density at radius 2 is 2.37 bits per heavy atom. The van der Waals surface area contributed by atoms with Crippen molar-refractivity contribution >= 4 is 11.7 Å². The molecular weight excluding hydrogens is 244 g/mol. The van der Waals surface area contributed by atoms with Gasteiger partial charge in [0.15, 0.2) is 5.82 Å². The Morgan fingerprint density at radius 1 is 1.58 bits per heavy atom. The number of nitrogens with zero attached hydrogens (tertiary/aromatic N) is 2. The molecule has 1 saturated carbocycles. The van der Waals surface area contributed by atoms with Crippen LogP contribution in [0.2, 0.25) is 0 Å². The van der Waals surface area contributed by atoms with E-state index < -0.39 is 5.54 Å². The Balaban J connectivity index is 1.83. The molecule has 1 aromatic rings. The lowest BCUT2D eigenvalue weighted by molar-refractivity contribution is -0.170. The number of aromatic nitrogens is 2. The van der Waals surface area contributed by atoms with Gasteiger partial charge in [0.2, 0.25) is 5.91 Å². The first-order valence-electron chi connectivity index (χ1n) is 6.47. The highest BCUT2D eigenvalue weighted by atomic mass is 16.5. The van der Waals surface area contributed by atoms with Gasteiger partial charge in [0.1, 0.15) is 5.54 Å². The number of nitrogens with one attached hydrogen (secondary N) is 1. The van der Waals surface area contributed by atoms with Crippen LogP contribution in [0, 0.1) is 11.3 Å². The molecule has 1 aliphatic carbocycles. The summed E-state index contributed by atoms with van der Waals surface area (Å²) < 4.78 is 5.67. The van der Waals surface area contributed by atoms with Crippen molar-refractivity contribution in [1.82, 2.24) is 10.2 Å². The molecule has 1 amide bonds. The average Bonchev–Trinajstić information content (AvgIpc) is 2.87. The Morgan fingerprint density at radius 3 is 3.05 bits per heavy atom. The summed E-state index contributed by atoms with van der Waals surface area (Å²) >= 11 is 0. The van der Waals surface area contributed by atoms with E-state index in [1.807, 2.05) is 13.8 Å². The van der Waals surface area contributed by atoms with Crippen molar-refractivity contribution < 1.29 is 9.53 Å². The molecule has 2 aliphatic rings. The number of carbonyl (C=O) groups excluding carboxylic acids is 1. The summed E-state index contributed by atoms with van der Waals surface area (Å²) in [7, 11) is 0. The summed E-state index contributed by atoms with van der Waals surface area (Å²) in [5, 5.41) is 10.4. The maximum absolute atomic E-state index is 12.5. The smallest absolute Gasteiger partial charge is 0.246 e. The normalized spacial score (nSPS) is 35.3. The summed E-state index contributed by atoms with van der Waals surface area (Å²) in [6.07, 6.45) is 2.46. The predicted molar refractivity (Wildman–Crippen MR) is 69.2 cm³/mol. The van der Waals surface area contributed by atoms with E-state index in [1.165, 1.54) is 0 Å². The van der Waals surface area contributed by atoms with Gasteiger partial charge in [-0.15, -0.1) is 5.10 Å². The first-order valence-corrected chi connectivity index (χ1v) is 6.47. The number of fused-ring (bicyclic) bond motifs is 1. The fraction of sp³-hybridized carbons (Fsp3) is 0.615. The maximum atomic E-state index is 12.5. The van der Waals surface area contributed by atoms with Crippen LogP contribution in [0.4, 0.5) is 5.82 Å². The minimum atomic E-state index is -0.911. The highest BCUT2D eigenvalue weighted by Gasteiger charge is 2.71. The summed E-state index contributed by atoms with van der Waals surface area (Å²) in [5.41, 5.74) is 5.13. The van der Waals surface area contributed by atoms with E-state index >= 15 is 0 Å². The highest BCUT2D eigenvalue weighted by Crippen LogP contribution is 2.58. The minimum absolute atomic E-state index is 0.0742. The molecule has 0 aromatic carbocycles. The number of anilines is 1. The lowest BCUT2D eigenvalue weighted by Gasteiger charge is -2.60. The van der Waals surface area contributed by atoms with Gasteiger partial charge in [0, 0.05) is 24.1 Å². The van der Waals surface area contributed by atoms with Gasteiger partial charge in [0.05, 0.1) is 6.10 Å². The number of rotatable bonds is 2. The fourth-order valence-electron chi connectivity index (χ4n) is 3.43. The monoisotopic (exact) mass is 262 g/mol. The van der Waals surface area contributed by atoms with E-state index in [1.54, 1.807) is 18.3 Å². The van der Waals surface area contributed by atoms with Crippen LogP contribution >= 0.6 is 0 Å². The quantitative estimate of drug-likeness (QED) is 0.812. The van der Waals surface area contributed by atoms with Gasteiger partial charge < -0.3 is 15.8 Å². The lowest BCUT2D eigenvalue weighted by Crippen LogP contribution is -2.79. The Kier molecular flexibility index (Phi) is 2.62. The third kappa shape index (κ3) is 1.53. The summed E-state index contributed by atoms with van der Waals surface area (Å²) in [6.45, 7) is 4.64. The molecule has 19 heavy (non-hydrogen) atoms. The number of amides is 1. The van der Waals surface area contributed by atoms with E-state index in [2.05, 4.69) is 15.5 Å². The molecule has 0 radical (unpaired) electrons. The van der Waals surface area contributed by atoms with Gasteiger partial charge in [0.25, 0.3) is 0 Å². The van der Waals surface area contributed by atoms with Crippen LogP contribution < -0.4 is 11.1 Å². The number of nitrogens with two attached hydrogens (primary N) is 1. The molecule has 0 spiro atoms. The first-order chi connectivity index (χ1) is 8.98. The second-order valence-corrected chi connectivity index (χ2v) is 5.84. The SMILES string of the molecule is CC1(C)C2OCCC2C1(N)C(=O)Nc1cccnn1. The number of hydrogen-bond donors (Lipinski definition) is 2. The van der Waals surface area contributed by atoms with Crippen molar-refractivity contribution in [2.75, 3.05) is 11.9 Å². The zero-order valence-electron chi connectivity index (χ0n) is 11.1. The standard InChI is InChI=1S/C13H18N4O2/c1-12(2)10-8(5-7-19-10)13(12,14)11(18)16-9-4-3-6-15-17-9/h3-4,6,8,10H,5,7,14H2,1-2H3,(H,16,17,18). The van der Waals surface area contributed by atoms with Gasteiger partial charge >= 0.3 is 0 Å². The second kappa shape index (κ2) is 3.98. The van der Waals surface area contributed by atoms with E-state index in [4.69, 9.17) is 10.5 Å². The largest absolute Gasteiger partial charge is 0.377 e. The maximum Gasteiger partial charge on any atom is 0.246 e. The van der Waals surface area contributed by atoms with Crippen LogP contribution in [-0.2, 0) is 9.53 Å². The molecule has 2 heterocycles. The molecule has 102 valence electrons. The van der Waals surface area contributed by atoms with E-state index in [0.29, 0.717) is 12.4 Å². The molecule has 1 saturated heterocycles. The van der Waals surface area contributed by atoms with Crippen LogP contribution in [0.1, 0.15) is 20.3 Å². The van der Waals surface area contributed by atoms with Crippen molar-refractivity contribution in [2.24, 2.45) is 17.1 Å². The van der Waals surface area contributed by atoms with Gasteiger partial charge in [-0.05, 0) is 18.6 Å². The zero-order chi connectivity index (χ0) is 13.7. The third-order valence-electron chi connectivity index (χ3n) is 4.64. The topological polar surface area (TPSA) is 90.1 Å². The molecule has 0 bridgehead atoms. The average molecular weight is 262 g/mol. The molecule has 2 fully saturated rings. The molecule has 3 unspecified atom stereocenters. The number of hydrogen-bond acceptors (Lipinski definition) is 5. The number of ether oxygens (including phenoxy) is 1. The number of carbonyl (C=O) groups is 1. The van der Waals surface area contributed by atoms with Crippen LogP contribution in [0.3, 0.4) is 0 Å². The Hall–Kier alpha value is -1.53. The van der Waals surface area contributed by atoms with E-state index in [0.717, 1.165) is 6.42 Å². The van der Waals surface area contributed by atoms with E-state index in [-0.39, 0.29) is 23.3 Å². The minimum Gasteiger partial charge on any atom is -0.377 e. The van der Waals surface area contributed by atoms with Gasteiger partial charge in [-0.3, -0.25) is 4.79 Å². The fourth-order valence-corrected chi connectivity index (χ4v) is 3.43. The van der Waals surface area contributed by atoms with Crippen molar-refractivity contribution in [2.45, 2.75) is 31.9 Å². The lowest BCUT2D eigenvalue weighted by atomic mass is 9.48. The highest BCUT2D eigenvalue weighted by molar-refractivity contribution is 5.99. The Bertz CT molecular complexity index is 505.